The Morgan fingerprint density at radius 1 is 1.12 bits per heavy atom. The van der Waals surface area contributed by atoms with Crippen molar-refractivity contribution in [1.29, 1.82) is 0 Å². The second kappa shape index (κ2) is 9.20. The van der Waals surface area contributed by atoms with E-state index >= 15 is 0 Å². The van der Waals surface area contributed by atoms with E-state index in [-0.39, 0.29) is 30.7 Å². The van der Waals surface area contributed by atoms with Gasteiger partial charge in [-0.1, -0.05) is 24.3 Å². The zero-order chi connectivity index (χ0) is 16.4. The number of nitrogens with zero attached hydrogens (tertiary/aromatic N) is 1. The van der Waals surface area contributed by atoms with Gasteiger partial charge in [-0.15, -0.1) is 24.8 Å². The van der Waals surface area contributed by atoms with Crippen molar-refractivity contribution < 1.29 is 4.79 Å². The van der Waals surface area contributed by atoms with E-state index in [9.17, 15) is 4.79 Å². The van der Waals surface area contributed by atoms with Crippen molar-refractivity contribution in [2.75, 3.05) is 26.2 Å². The van der Waals surface area contributed by atoms with Gasteiger partial charge in [0.2, 0.25) is 5.91 Å². The van der Waals surface area contributed by atoms with Gasteiger partial charge in [-0.05, 0) is 33.5 Å². The molecule has 1 saturated heterocycles. The highest BCUT2D eigenvalue weighted by Crippen LogP contribution is 2.35. The Bertz CT molecular complexity index is 692. The van der Waals surface area contributed by atoms with E-state index in [1.807, 2.05) is 0 Å². The van der Waals surface area contributed by atoms with E-state index in [0.717, 1.165) is 39.0 Å². The highest BCUT2D eigenvalue weighted by Gasteiger charge is 2.48. The van der Waals surface area contributed by atoms with Crippen LogP contribution in [0.5, 0.6) is 0 Å². The average Bonchev–Trinajstić information content (AvgIpc) is 3.28. The maximum atomic E-state index is 13.3. The van der Waals surface area contributed by atoms with E-state index in [1.54, 1.807) is 11.3 Å². The van der Waals surface area contributed by atoms with Crippen molar-refractivity contribution in [3.05, 3.63) is 57.8 Å². The molecule has 2 aromatic rings. The minimum Gasteiger partial charge on any atom is -0.350 e. The molecule has 2 aliphatic rings. The number of piperazine rings is 1. The lowest BCUT2D eigenvalue weighted by atomic mass is 9.91. The molecule has 142 valence electrons. The molecule has 0 atom stereocenters. The molecular weight excluding hydrogens is 389 g/mol. The highest BCUT2D eigenvalue weighted by molar-refractivity contribution is 7.07. The first-order chi connectivity index (χ1) is 11.8. The molecule has 1 amide bonds. The maximum absolute atomic E-state index is 13.3. The fraction of sp³-hybridized carbons (Fsp3) is 0.421. The number of carbonyl (C=O) groups excluding carboxylic acids is 1. The van der Waals surface area contributed by atoms with Crippen molar-refractivity contribution in [3.63, 3.8) is 0 Å². The summed E-state index contributed by atoms with van der Waals surface area (Å²) in [5.41, 5.74) is 3.39. The summed E-state index contributed by atoms with van der Waals surface area (Å²) in [5, 5.41) is 10.8. The Hall–Kier alpha value is -1.11. The lowest BCUT2D eigenvalue weighted by molar-refractivity contribution is -0.134. The standard InChI is InChI=1S/C19H23N3OS.2ClH/c23-18(21-13-15-5-10-24-14-15)19(22-8-6-20-7-9-22)11-16-3-1-2-4-17(16)12-19;;/h1-5,10,14,20H,6-9,11-13H2,(H,21,23);2*1H. The Labute approximate surface area is 171 Å². The Kier molecular flexibility index (Phi) is 7.50. The summed E-state index contributed by atoms with van der Waals surface area (Å²) in [5.74, 6) is 0.173. The molecule has 4 rings (SSSR count). The molecule has 26 heavy (non-hydrogen) atoms. The van der Waals surface area contributed by atoms with Gasteiger partial charge in [0, 0.05) is 45.6 Å². The maximum Gasteiger partial charge on any atom is 0.241 e. The third-order valence-corrected chi connectivity index (χ3v) is 5.99. The highest BCUT2D eigenvalue weighted by atomic mass is 35.5. The lowest BCUT2D eigenvalue weighted by Crippen LogP contribution is -2.63. The third-order valence-electron chi connectivity index (χ3n) is 5.26. The largest absolute Gasteiger partial charge is 0.350 e. The third kappa shape index (κ3) is 4.07. The quantitative estimate of drug-likeness (QED) is 0.809. The number of hydrogen-bond donors (Lipinski definition) is 2. The number of benzene rings is 1. The summed E-state index contributed by atoms with van der Waals surface area (Å²) in [6, 6.07) is 10.6. The fourth-order valence-electron chi connectivity index (χ4n) is 3.96. The van der Waals surface area contributed by atoms with Gasteiger partial charge in [-0.2, -0.15) is 11.3 Å². The predicted octanol–water partition coefficient (Wildman–Crippen LogP) is 2.65. The smallest absolute Gasteiger partial charge is 0.241 e. The summed E-state index contributed by atoms with van der Waals surface area (Å²) in [7, 11) is 0. The van der Waals surface area contributed by atoms with Crippen LogP contribution >= 0.6 is 36.2 Å². The fourth-order valence-corrected chi connectivity index (χ4v) is 4.62. The van der Waals surface area contributed by atoms with Crippen LogP contribution in [0.3, 0.4) is 0 Å². The van der Waals surface area contributed by atoms with Crippen molar-refractivity contribution in [2.45, 2.75) is 24.9 Å². The molecule has 0 unspecified atom stereocenters. The second-order valence-corrected chi connectivity index (χ2v) is 7.49. The second-order valence-electron chi connectivity index (χ2n) is 6.71. The van der Waals surface area contributed by atoms with Crippen LogP contribution in [0.25, 0.3) is 0 Å². The van der Waals surface area contributed by atoms with Crippen LogP contribution in [0, 0.1) is 0 Å². The van der Waals surface area contributed by atoms with E-state index < -0.39 is 5.54 Å². The molecule has 1 aliphatic heterocycles. The molecule has 1 fully saturated rings. The predicted molar refractivity (Wildman–Crippen MR) is 112 cm³/mol. The molecule has 4 nitrogen and oxygen atoms in total. The van der Waals surface area contributed by atoms with Gasteiger partial charge in [0.15, 0.2) is 0 Å². The summed E-state index contributed by atoms with van der Waals surface area (Å²) in [4.78, 5) is 15.7. The van der Waals surface area contributed by atoms with E-state index in [1.165, 1.54) is 16.7 Å². The summed E-state index contributed by atoms with van der Waals surface area (Å²) in [6.07, 6.45) is 1.64. The molecule has 0 spiro atoms. The normalized spacial score (nSPS) is 18.3. The molecule has 7 heteroatoms. The Balaban J connectivity index is 0.00000121. The minimum atomic E-state index is -0.429. The van der Waals surface area contributed by atoms with Crippen LogP contribution in [0.15, 0.2) is 41.1 Å². The van der Waals surface area contributed by atoms with E-state index in [4.69, 9.17) is 0 Å². The molecular formula is C19H25Cl2N3OS. The topological polar surface area (TPSA) is 44.4 Å². The van der Waals surface area contributed by atoms with Gasteiger partial charge in [0.25, 0.3) is 0 Å². The zero-order valence-electron chi connectivity index (χ0n) is 14.6. The molecule has 1 aromatic carbocycles. The van der Waals surface area contributed by atoms with Crippen LogP contribution in [0.2, 0.25) is 0 Å². The number of hydrogen-bond acceptors (Lipinski definition) is 4. The van der Waals surface area contributed by atoms with Crippen LogP contribution in [-0.4, -0.2) is 42.5 Å². The van der Waals surface area contributed by atoms with E-state index in [0.29, 0.717) is 6.54 Å². The molecule has 0 radical (unpaired) electrons. The van der Waals surface area contributed by atoms with Crippen LogP contribution < -0.4 is 10.6 Å². The van der Waals surface area contributed by atoms with Crippen LogP contribution in [0.4, 0.5) is 0 Å². The van der Waals surface area contributed by atoms with Crippen molar-refractivity contribution in [3.8, 4) is 0 Å². The molecule has 0 bridgehead atoms. The number of carbonyl (C=O) groups is 1. The van der Waals surface area contributed by atoms with Gasteiger partial charge in [0.05, 0.1) is 0 Å². The van der Waals surface area contributed by atoms with Gasteiger partial charge in [-0.3, -0.25) is 9.69 Å². The van der Waals surface area contributed by atoms with Gasteiger partial charge in [0.1, 0.15) is 5.54 Å². The number of fused-ring (bicyclic) bond motifs is 1. The lowest BCUT2D eigenvalue weighted by Gasteiger charge is -2.42. The monoisotopic (exact) mass is 413 g/mol. The van der Waals surface area contributed by atoms with Gasteiger partial charge >= 0.3 is 0 Å². The van der Waals surface area contributed by atoms with Crippen molar-refractivity contribution in [2.24, 2.45) is 0 Å². The molecule has 2 N–H and O–H groups in total. The summed E-state index contributed by atoms with van der Waals surface area (Å²) in [6.45, 7) is 4.39. The molecule has 1 aromatic heterocycles. The summed E-state index contributed by atoms with van der Waals surface area (Å²) < 4.78 is 0. The van der Waals surface area contributed by atoms with Gasteiger partial charge in [-0.25, -0.2) is 0 Å². The van der Waals surface area contributed by atoms with E-state index in [2.05, 4.69) is 56.6 Å². The average molecular weight is 414 g/mol. The van der Waals surface area contributed by atoms with Crippen molar-refractivity contribution in [1.82, 2.24) is 15.5 Å². The Morgan fingerprint density at radius 3 is 2.35 bits per heavy atom. The number of halogens is 2. The number of amides is 1. The number of rotatable bonds is 4. The number of thiophene rings is 1. The van der Waals surface area contributed by atoms with Gasteiger partial charge < -0.3 is 10.6 Å². The Morgan fingerprint density at radius 2 is 1.77 bits per heavy atom. The molecule has 2 heterocycles. The minimum absolute atomic E-state index is 0. The number of nitrogens with one attached hydrogen (secondary N) is 2. The zero-order valence-corrected chi connectivity index (χ0v) is 17.0. The van der Waals surface area contributed by atoms with Crippen molar-refractivity contribution >= 4 is 42.1 Å². The van der Waals surface area contributed by atoms with Crippen LogP contribution in [0.1, 0.15) is 16.7 Å². The summed E-state index contributed by atoms with van der Waals surface area (Å²) >= 11 is 1.67. The first kappa shape index (κ1) is 21.2. The molecule has 0 saturated carbocycles. The SMILES string of the molecule is Cl.Cl.O=C(NCc1ccsc1)C1(N2CCNCC2)Cc2ccccc2C1. The molecule has 1 aliphatic carbocycles. The van der Waals surface area contributed by atoms with Crippen LogP contribution in [-0.2, 0) is 24.2 Å². The first-order valence-corrected chi connectivity index (χ1v) is 9.54. The first-order valence-electron chi connectivity index (χ1n) is 8.60.